The summed E-state index contributed by atoms with van der Waals surface area (Å²) in [4.78, 5) is 0. The molecule has 0 saturated carbocycles. The highest BCUT2D eigenvalue weighted by atomic mass is 19.1. The zero-order chi connectivity index (χ0) is 14.5. The summed E-state index contributed by atoms with van der Waals surface area (Å²) < 4.78 is 32.1. The smallest absolute Gasteiger partial charge is 0.131 e. The second-order valence-corrected chi connectivity index (χ2v) is 4.44. The van der Waals surface area contributed by atoms with Gasteiger partial charge < -0.3 is 4.74 Å². The Kier molecular flexibility index (Phi) is 4.65. The molecule has 0 aliphatic rings. The van der Waals surface area contributed by atoms with Crippen molar-refractivity contribution < 1.29 is 13.5 Å². The predicted octanol–water partition coefficient (Wildman–Crippen LogP) is 2.72. The van der Waals surface area contributed by atoms with Crippen LogP contribution in [0.5, 0.6) is 5.75 Å². The number of ether oxygens (including phenoxy) is 1. The molecule has 0 heterocycles. The Balaban J connectivity index is 2.24. The van der Waals surface area contributed by atoms with E-state index in [4.69, 9.17) is 10.6 Å². The highest BCUT2D eigenvalue weighted by molar-refractivity contribution is 5.32. The van der Waals surface area contributed by atoms with Crippen LogP contribution in [0.4, 0.5) is 8.78 Å². The van der Waals surface area contributed by atoms with E-state index in [1.165, 1.54) is 25.3 Å². The largest absolute Gasteiger partial charge is 0.497 e. The van der Waals surface area contributed by atoms with Gasteiger partial charge in [-0.3, -0.25) is 11.3 Å². The molecule has 0 saturated heterocycles. The second kappa shape index (κ2) is 6.45. The Hall–Kier alpha value is -1.98. The maximum atomic E-state index is 14.0. The molecule has 0 aliphatic carbocycles. The summed E-state index contributed by atoms with van der Waals surface area (Å²) in [5.41, 5.74) is 3.71. The van der Waals surface area contributed by atoms with E-state index in [-0.39, 0.29) is 5.82 Å². The molecule has 0 amide bonds. The average Bonchev–Trinajstić information content (AvgIpc) is 2.45. The maximum Gasteiger partial charge on any atom is 0.131 e. The topological polar surface area (TPSA) is 47.3 Å². The van der Waals surface area contributed by atoms with Gasteiger partial charge in [-0.25, -0.2) is 8.78 Å². The zero-order valence-electron chi connectivity index (χ0n) is 11.1. The summed E-state index contributed by atoms with van der Waals surface area (Å²) in [5.74, 6) is 5.19. The minimum absolute atomic E-state index is 0.325. The lowest BCUT2D eigenvalue weighted by Gasteiger charge is -2.17. The zero-order valence-corrected chi connectivity index (χ0v) is 11.1. The van der Waals surface area contributed by atoms with Gasteiger partial charge in [-0.15, -0.1) is 0 Å². The molecular weight excluding hydrogens is 262 g/mol. The van der Waals surface area contributed by atoms with Crippen molar-refractivity contribution in [3.63, 3.8) is 0 Å². The van der Waals surface area contributed by atoms with Crippen molar-refractivity contribution >= 4 is 0 Å². The van der Waals surface area contributed by atoms with Crippen molar-refractivity contribution in [1.82, 2.24) is 5.43 Å². The first-order valence-corrected chi connectivity index (χ1v) is 6.18. The van der Waals surface area contributed by atoms with Crippen LogP contribution in [0, 0.1) is 11.6 Å². The summed E-state index contributed by atoms with van der Waals surface area (Å²) in [7, 11) is 1.47. The molecule has 0 aromatic heterocycles. The highest BCUT2D eigenvalue weighted by Gasteiger charge is 2.16. The van der Waals surface area contributed by atoms with E-state index in [2.05, 4.69) is 5.43 Å². The average molecular weight is 278 g/mol. The van der Waals surface area contributed by atoms with Gasteiger partial charge in [0.25, 0.3) is 0 Å². The van der Waals surface area contributed by atoms with E-state index in [0.717, 1.165) is 5.56 Å². The molecule has 2 rings (SSSR count). The number of benzene rings is 2. The number of nitrogens with two attached hydrogens (primary N) is 1. The van der Waals surface area contributed by atoms with Crippen molar-refractivity contribution in [1.29, 1.82) is 0 Å². The molecule has 0 bridgehead atoms. The van der Waals surface area contributed by atoms with Crippen molar-refractivity contribution in [2.45, 2.75) is 12.5 Å². The summed E-state index contributed by atoms with van der Waals surface area (Å²) in [5, 5.41) is 0. The van der Waals surface area contributed by atoms with Crippen LogP contribution >= 0.6 is 0 Å². The fourth-order valence-electron chi connectivity index (χ4n) is 2.08. The predicted molar refractivity (Wildman–Crippen MR) is 73.1 cm³/mol. The summed E-state index contributed by atoms with van der Waals surface area (Å²) in [6.45, 7) is 0. The molecule has 3 nitrogen and oxygen atoms in total. The third-order valence-corrected chi connectivity index (χ3v) is 3.11. The lowest BCUT2D eigenvalue weighted by Crippen LogP contribution is -2.30. The number of hydrogen-bond donors (Lipinski definition) is 2. The van der Waals surface area contributed by atoms with E-state index in [0.29, 0.717) is 17.7 Å². The molecular formula is C15H16F2N2O. The lowest BCUT2D eigenvalue weighted by atomic mass is 9.99. The van der Waals surface area contributed by atoms with Gasteiger partial charge in [0.05, 0.1) is 13.2 Å². The first-order chi connectivity index (χ1) is 9.63. The van der Waals surface area contributed by atoms with Gasteiger partial charge in [0.1, 0.15) is 17.4 Å². The fourth-order valence-corrected chi connectivity index (χ4v) is 2.08. The lowest BCUT2D eigenvalue weighted by molar-refractivity contribution is 0.409. The van der Waals surface area contributed by atoms with Gasteiger partial charge >= 0.3 is 0 Å². The van der Waals surface area contributed by atoms with Gasteiger partial charge in [0.2, 0.25) is 0 Å². The van der Waals surface area contributed by atoms with Crippen LogP contribution in [-0.4, -0.2) is 7.11 Å². The molecule has 0 aliphatic heterocycles. The fraction of sp³-hybridized carbons (Fsp3) is 0.200. The van der Waals surface area contributed by atoms with Crippen molar-refractivity contribution in [2.24, 2.45) is 5.84 Å². The molecule has 5 heteroatoms. The number of methoxy groups -OCH3 is 1. The minimum atomic E-state index is -0.442. The van der Waals surface area contributed by atoms with Gasteiger partial charge in [0.15, 0.2) is 0 Å². The Labute approximate surface area is 116 Å². The molecule has 20 heavy (non-hydrogen) atoms. The molecule has 106 valence electrons. The molecule has 0 spiro atoms. The monoisotopic (exact) mass is 278 g/mol. The molecule has 0 fully saturated rings. The van der Waals surface area contributed by atoms with Crippen molar-refractivity contribution in [3.05, 3.63) is 65.2 Å². The van der Waals surface area contributed by atoms with Gasteiger partial charge in [-0.05, 0) is 30.2 Å². The molecule has 0 radical (unpaired) electrons. The van der Waals surface area contributed by atoms with Crippen LogP contribution in [0.15, 0.2) is 42.5 Å². The number of halogens is 2. The molecule has 1 unspecified atom stereocenters. The summed E-state index contributed by atoms with van der Waals surface area (Å²) >= 11 is 0. The van der Waals surface area contributed by atoms with E-state index in [1.807, 2.05) is 0 Å². The molecule has 1 atom stereocenters. The highest BCUT2D eigenvalue weighted by Crippen LogP contribution is 2.24. The third kappa shape index (κ3) is 3.31. The maximum absolute atomic E-state index is 14.0. The van der Waals surface area contributed by atoms with Crippen LogP contribution in [0.1, 0.15) is 17.2 Å². The molecule has 3 N–H and O–H groups in total. The van der Waals surface area contributed by atoms with Crippen LogP contribution < -0.4 is 16.0 Å². The van der Waals surface area contributed by atoms with Gasteiger partial charge in [-0.1, -0.05) is 18.2 Å². The number of nitrogens with one attached hydrogen (secondary N) is 1. The Morgan fingerprint density at radius 1 is 1.20 bits per heavy atom. The number of hydrogen-bond acceptors (Lipinski definition) is 3. The summed E-state index contributed by atoms with van der Waals surface area (Å²) in [6.07, 6.45) is 0.386. The van der Waals surface area contributed by atoms with E-state index < -0.39 is 11.9 Å². The Bertz CT molecular complexity index is 590. The Morgan fingerprint density at radius 3 is 2.60 bits per heavy atom. The van der Waals surface area contributed by atoms with Crippen LogP contribution in [0.3, 0.4) is 0 Å². The minimum Gasteiger partial charge on any atom is -0.497 e. The van der Waals surface area contributed by atoms with Crippen LogP contribution in [0.25, 0.3) is 0 Å². The van der Waals surface area contributed by atoms with Crippen molar-refractivity contribution in [2.75, 3.05) is 7.11 Å². The molecule has 2 aromatic carbocycles. The standard InChI is InChI=1S/C15H16F2N2O/c1-20-12-5-6-13(14(17)9-12)15(19-18)8-10-3-2-4-11(16)7-10/h2-7,9,15,19H,8,18H2,1H3. The van der Waals surface area contributed by atoms with E-state index in [1.54, 1.807) is 24.3 Å². The van der Waals surface area contributed by atoms with E-state index in [9.17, 15) is 8.78 Å². The third-order valence-electron chi connectivity index (χ3n) is 3.11. The van der Waals surface area contributed by atoms with E-state index >= 15 is 0 Å². The Morgan fingerprint density at radius 2 is 2.00 bits per heavy atom. The quantitative estimate of drug-likeness (QED) is 0.653. The van der Waals surface area contributed by atoms with Crippen molar-refractivity contribution in [3.8, 4) is 5.75 Å². The molecule has 2 aromatic rings. The van der Waals surface area contributed by atoms with Gasteiger partial charge in [-0.2, -0.15) is 0 Å². The SMILES string of the molecule is COc1ccc(C(Cc2cccc(F)c2)NN)c(F)c1. The normalized spacial score (nSPS) is 12.2. The number of rotatable bonds is 5. The second-order valence-electron chi connectivity index (χ2n) is 4.44. The summed E-state index contributed by atoms with van der Waals surface area (Å²) in [6, 6.07) is 10.3. The van der Waals surface area contributed by atoms with Crippen LogP contribution in [-0.2, 0) is 6.42 Å². The van der Waals surface area contributed by atoms with Gasteiger partial charge in [0, 0.05) is 11.6 Å². The van der Waals surface area contributed by atoms with Crippen LogP contribution in [0.2, 0.25) is 0 Å². The first-order valence-electron chi connectivity index (χ1n) is 6.18. The number of hydrazine groups is 1. The first kappa shape index (κ1) is 14.4.